The third-order valence-electron chi connectivity index (χ3n) is 8.26. The molecule has 2 aromatic heterocycles. The quantitative estimate of drug-likeness (QED) is 0.502. The highest BCUT2D eigenvalue weighted by molar-refractivity contribution is 5.94. The van der Waals surface area contributed by atoms with Gasteiger partial charge in [0.15, 0.2) is 11.5 Å². The number of alkyl halides is 3. The summed E-state index contributed by atoms with van der Waals surface area (Å²) in [4.78, 5) is 31.9. The number of nitrogens with one attached hydrogen (secondary N) is 2. The largest absolute Gasteiger partial charge is 0.481 e. The highest BCUT2D eigenvalue weighted by atomic mass is 19.4. The Morgan fingerprint density at radius 3 is 2.53 bits per heavy atom. The molecule has 2 aliphatic carbocycles. The maximum Gasteiger partial charge on any atom is 0.406 e. The number of H-pyrrole nitrogens is 1. The van der Waals surface area contributed by atoms with Gasteiger partial charge in [0, 0.05) is 35.7 Å². The molecular weight excluding hydrogens is 508 g/mol. The van der Waals surface area contributed by atoms with Gasteiger partial charge < -0.3 is 20.7 Å². The van der Waals surface area contributed by atoms with Gasteiger partial charge in [-0.3, -0.25) is 14.7 Å². The number of aromatic amines is 1. The van der Waals surface area contributed by atoms with Crippen LogP contribution in [0.1, 0.15) is 61.9 Å². The van der Waals surface area contributed by atoms with E-state index in [9.17, 15) is 27.2 Å². The van der Waals surface area contributed by atoms with Crippen LogP contribution in [0, 0.1) is 11.7 Å². The smallest absolute Gasteiger partial charge is 0.406 e. The zero-order valence-corrected chi connectivity index (χ0v) is 20.9. The number of halogens is 4. The van der Waals surface area contributed by atoms with E-state index in [1.807, 2.05) is 0 Å². The van der Waals surface area contributed by atoms with E-state index < -0.39 is 23.1 Å². The number of aromatic nitrogens is 3. The molecule has 3 fully saturated rings. The van der Waals surface area contributed by atoms with Gasteiger partial charge in [-0.25, -0.2) is 9.37 Å². The van der Waals surface area contributed by atoms with Crippen molar-refractivity contribution in [2.45, 2.75) is 74.7 Å². The summed E-state index contributed by atoms with van der Waals surface area (Å²) < 4.78 is 58.9. The van der Waals surface area contributed by atoms with Gasteiger partial charge in [-0.2, -0.15) is 18.3 Å². The molecule has 0 radical (unpaired) electrons. The van der Waals surface area contributed by atoms with Crippen molar-refractivity contribution in [3.05, 3.63) is 29.8 Å². The Hall–Kier alpha value is -3.22. The van der Waals surface area contributed by atoms with Gasteiger partial charge >= 0.3 is 6.18 Å². The summed E-state index contributed by atoms with van der Waals surface area (Å²) in [5.41, 5.74) is 3.53. The Bertz CT molecular complexity index is 1220. The lowest BCUT2D eigenvalue weighted by Crippen LogP contribution is -2.58. The fraction of sp³-hybridized carbons (Fsp3) is 0.600. The van der Waals surface area contributed by atoms with Gasteiger partial charge in [-0.05, 0) is 57.4 Å². The Morgan fingerprint density at radius 2 is 1.89 bits per heavy atom. The molecule has 1 spiro atoms. The second kappa shape index (κ2) is 9.51. The Morgan fingerprint density at radius 1 is 1.18 bits per heavy atom. The summed E-state index contributed by atoms with van der Waals surface area (Å²) in [6.07, 6.45) is -1.11. The van der Waals surface area contributed by atoms with Crippen molar-refractivity contribution in [3.8, 4) is 17.1 Å². The zero-order valence-electron chi connectivity index (χ0n) is 20.9. The zero-order chi connectivity index (χ0) is 27.3. The van der Waals surface area contributed by atoms with Crippen LogP contribution in [0.2, 0.25) is 0 Å². The predicted molar refractivity (Wildman–Crippen MR) is 127 cm³/mol. The van der Waals surface area contributed by atoms with Crippen LogP contribution >= 0.6 is 0 Å². The number of amides is 2. The number of carbonyl (C=O) groups excluding carboxylic acids is 2. The summed E-state index contributed by atoms with van der Waals surface area (Å²) in [5.74, 6) is -1.19. The van der Waals surface area contributed by atoms with E-state index in [2.05, 4.69) is 20.5 Å². The predicted octanol–water partition coefficient (Wildman–Crippen LogP) is 3.32. The molecule has 13 heteroatoms. The molecule has 2 saturated carbocycles. The van der Waals surface area contributed by atoms with E-state index in [1.165, 1.54) is 19.2 Å². The first-order chi connectivity index (χ1) is 17.9. The molecule has 38 heavy (non-hydrogen) atoms. The number of hydrogen-bond acceptors (Lipinski definition) is 6. The maximum absolute atomic E-state index is 14.3. The van der Waals surface area contributed by atoms with E-state index in [0.29, 0.717) is 25.1 Å². The van der Waals surface area contributed by atoms with Crippen molar-refractivity contribution >= 4 is 11.8 Å². The molecular formula is C25H30F4N6O3. The van der Waals surface area contributed by atoms with Gasteiger partial charge in [0.25, 0.3) is 5.91 Å². The maximum atomic E-state index is 14.3. The Balaban J connectivity index is 1.20. The van der Waals surface area contributed by atoms with E-state index in [4.69, 9.17) is 10.5 Å². The second-order valence-corrected chi connectivity index (χ2v) is 10.7. The average molecular weight is 539 g/mol. The van der Waals surface area contributed by atoms with Crippen LogP contribution in [0.3, 0.4) is 0 Å². The van der Waals surface area contributed by atoms with Crippen molar-refractivity contribution in [2.24, 2.45) is 11.7 Å². The Labute approximate surface area is 216 Å². The lowest BCUT2D eigenvalue weighted by Gasteiger charge is -2.41. The van der Waals surface area contributed by atoms with E-state index in [-0.39, 0.29) is 66.6 Å². The van der Waals surface area contributed by atoms with E-state index >= 15 is 0 Å². The van der Waals surface area contributed by atoms with Gasteiger partial charge in [0.2, 0.25) is 11.8 Å². The molecule has 2 aromatic rings. The number of ether oxygens (including phenoxy) is 1. The van der Waals surface area contributed by atoms with E-state index in [1.54, 1.807) is 4.90 Å². The number of methoxy groups -OCH3 is 1. The number of carbonyl (C=O) groups is 2. The van der Waals surface area contributed by atoms with Crippen LogP contribution in [0.4, 0.5) is 17.6 Å². The molecule has 1 aliphatic heterocycles. The van der Waals surface area contributed by atoms with Crippen molar-refractivity contribution in [2.75, 3.05) is 13.7 Å². The van der Waals surface area contributed by atoms with Crippen LogP contribution in [0.25, 0.3) is 11.3 Å². The summed E-state index contributed by atoms with van der Waals surface area (Å²) in [5, 5.41) is 9.73. The minimum absolute atomic E-state index is 0.140. The van der Waals surface area contributed by atoms with Crippen molar-refractivity contribution in [1.82, 2.24) is 25.4 Å². The number of piperidine rings is 1. The SMILES string of the molecule is COc1cc(-c2cc(C(=O)N3CC[C@H](C(=O)N[C@H]4CC[C@@](N)(C(F)(F)F)CC4)CC34CC4)n[nH]2)c(F)cn1. The monoisotopic (exact) mass is 538 g/mol. The van der Waals surface area contributed by atoms with E-state index in [0.717, 1.165) is 19.0 Å². The molecule has 0 aromatic carbocycles. The standard InChI is InChI=1S/C25H30F4N6O3/c1-38-20-10-16(17(26)13-31-20)18-11-19(34-33-18)22(37)35-9-4-14(12-23(35)7-8-23)21(36)32-15-2-5-24(30,6-3-15)25(27,28)29/h10-11,13-15H,2-9,12,30H2,1H3,(H,32,36)(H,33,34)/t14-,15-,24-/m0/s1. The summed E-state index contributed by atoms with van der Waals surface area (Å²) >= 11 is 0. The molecule has 1 atom stereocenters. The molecule has 2 amide bonds. The normalized spacial score (nSPS) is 26.7. The van der Waals surface area contributed by atoms with Crippen molar-refractivity contribution < 1.29 is 31.9 Å². The van der Waals surface area contributed by atoms with Crippen molar-refractivity contribution in [1.29, 1.82) is 0 Å². The molecule has 0 unspecified atom stereocenters. The molecule has 206 valence electrons. The number of hydrogen-bond donors (Lipinski definition) is 3. The van der Waals surface area contributed by atoms with Crippen LogP contribution in [0.5, 0.6) is 5.88 Å². The minimum Gasteiger partial charge on any atom is -0.481 e. The topological polar surface area (TPSA) is 126 Å². The first kappa shape index (κ1) is 26.4. The first-order valence-electron chi connectivity index (χ1n) is 12.7. The Kier molecular flexibility index (Phi) is 6.60. The number of rotatable bonds is 5. The molecule has 3 aliphatic rings. The third kappa shape index (κ3) is 4.83. The van der Waals surface area contributed by atoms with Gasteiger partial charge in [-0.1, -0.05) is 0 Å². The summed E-state index contributed by atoms with van der Waals surface area (Å²) in [6.45, 7) is 0.348. The lowest BCUT2D eigenvalue weighted by atomic mass is 9.79. The van der Waals surface area contributed by atoms with Gasteiger partial charge in [0.1, 0.15) is 5.54 Å². The van der Waals surface area contributed by atoms with Gasteiger partial charge in [-0.15, -0.1) is 0 Å². The van der Waals surface area contributed by atoms with Crippen LogP contribution in [0.15, 0.2) is 18.3 Å². The number of pyridine rings is 1. The van der Waals surface area contributed by atoms with Crippen LogP contribution in [-0.4, -0.2) is 68.8 Å². The number of likely N-dealkylation sites (tertiary alicyclic amines) is 1. The fourth-order valence-corrected chi connectivity index (χ4v) is 5.68. The first-order valence-corrected chi connectivity index (χ1v) is 12.7. The average Bonchev–Trinajstić information content (AvgIpc) is 3.46. The highest BCUT2D eigenvalue weighted by Crippen LogP contribution is 2.50. The third-order valence-corrected chi connectivity index (χ3v) is 8.26. The van der Waals surface area contributed by atoms with Gasteiger partial charge in [0.05, 0.1) is 19.0 Å². The fourth-order valence-electron chi connectivity index (χ4n) is 5.68. The molecule has 3 heterocycles. The summed E-state index contributed by atoms with van der Waals surface area (Å²) in [6, 6.07) is 2.55. The highest BCUT2D eigenvalue weighted by Gasteiger charge is 2.56. The molecule has 5 rings (SSSR count). The summed E-state index contributed by atoms with van der Waals surface area (Å²) in [7, 11) is 1.42. The van der Waals surface area contributed by atoms with Crippen molar-refractivity contribution in [3.63, 3.8) is 0 Å². The number of nitrogens with two attached hydrogens (primary N) is 1. The van der Waals surface area contributed by atoms with Crippen LogP contribution in [-0.2, 0) is 4.79 Å². The minimum atomic E-state index is -4.46. The second-order valence-electron chi connectivity index (χ2n) is 10.7. The molecule has 1 saturated heterocycles. The number of nitrogens with zero attached hydrogens (tertiary/aromatic N) is 3. The molecule has 4 N–H and O–H groups in total. The lowest BCUT2D eigenvalue weighted by molar-refractivity contribution is -0.194. The van der Waals surface area contributed by atoms with Crippen LogP contribution < -0.4 is 15.8 Å². The molecule has 0 bridgehead atoms. The molecule has 9 nitrogen and oxygen atoms in total.